The van der Waals surface area contributed by atoms with E-state index in [9.17, 15) is 9.59 Å². The van der Waals surface area contributed by atoms with Gasteiger partial charge < -0.3 is 8.83 Å². The fraction of sp³-hybridized carbons (Fsp3) is 0. The van der Waals surface area contributed by atoms with Crippen molar-refractivity contribution in [1.29, 1.82) is 0 Å². The van der Waals surface area contributed by atoms with Gasteiger partial charge in [0.2, 0.25) is 0 Å². The summed E-state index contributed by atoms with van der Waals surface area (Å²) in [5, 5.41) is 10.3. The van der Waals surface area contributed by atoms with E-state index in [1.165, 1.54) is 6.26 Å². The molecule has 2 aromatic heterocycles. The molecule has 0 radical (unpaired) electrons. The van der Waals surface area contributed by atoms with Crippen LogP contribution >= 0.6 is 0 Å². The maximum absolute atomic E-state index is 12.7. The lowest BCUT2D eigenvalue weighted by Crippen LogP contribution is -2.12. The van der Waals surface area contributed by atoms with E-state index in [2.05, 4.69) is 15.5 Å². The second kappa shape index (κ2) is 8.76. The minimum Gasteiger partial charge on any atom is -0.459 e. The highest BCUT2D eigenvalue weighted by Gasteiger charge is 2.15. The van der Waals surface area contributed by atoms with Crippen LogP contribution in [0.3, 0.4) is 0 Å². The number of carbonyl (C=O) groups is 2. The molecule has 5 rings (SSSR count). The predicted octanol–water partition coefficient (Wildman–Crippen LogP) is 5.48. The summed E-state index contributed by atoms with van der Waals surface area (Å²) < 4.78 is 10.6. The van der Waals surface area contributed by atoms with Crippen LogP contribution in [0.1, 0.15) is 26.3 Å². The quantitative estimate of drug-likeness (QED) is 0.355. The van der Waals surface area contributed by atoms with Gasteiger partial charge in [0.05, 0.1) is 6.26 Å². The first-order valence-electron chi connectivity index (χ1n) is 10.2. The van der Waals surface area contributed by atoms with Crippen molar-refractivity contribution in [3.05, 3.63) is 114 Å². The normalized spacial score (nSPS) is 10.7. The SMILES string of the molecule is O=C(Nc1nnc(-c2ccco2)o1)c1cccc(-c2ccc(C(=O)c3ccccc3)cc2)c1. The van der Waals surface area contributed by atoms with Crippen molar-refractivity contribution in [1.82, 2.24) is 10.2 Å². The van der Waals surface area contributed by atoms with Gasteiger partial charge in [-0.2, -0.15) is 0 Å². The first kappa shape index (κ1) is 20.1. The Morgan fingerprint density at radius 1 is 0.697 bits per heavy atom. The molecule has 0 fully saturated rings. The number of ketones is 1. The van der Waals surface area contributed by atoms with Crippen LogP contribution in [0, 0.1) is 0 Å². The van der Waals surface area contributed by atoms with E-state index in [1.807, 2.05) is 36.4 Å². The van der Waals surface area contributed by atoms with Crippen molar-refractivity contribution in [3.8, 4) is 22.8 Å². The lowest BCUT2D eigenvalue weighted by molar-refractivity contribution is 0.102. The second-order valence-electron chi connectivity index (χ2n) is 7.20. The van der Waals surface area contributed by atoms with E-state index in [0.29, 0.717) is 22.5 Å². The third-order valence-corrected chi connectivity index (χ3v) is 5.02. The molecule has 2 heterocycles. The predicted molar refractivity (Wildman–Crippen MR) is 122 cm³/mol. The molecular weight excluding hydrogens is 418 g/mol. The van der Waals surface area contributed by atoms with Crippen molar-refractivity contribution in [3.63, 3.8) is 0 Å². The highest BCUT2D eigenvalue weighted by atomic mass is 16.4. The number of nitrogens with one attached hydrogen (secondary N) is 1. The molecule has 7 nitrogen and oxygen atoms in total. The van der Waals surface area contributed by atoms with Gasteiger partial charge in [-0.3, -0.25) is 14.9 Å². The Bertz CT molecular complexity index is 1410. The molecule has 0 saturated carbocycles. The summed E-state index contributed by atoms with van der Waals surface area (Å²) in [6, 6.07) is 26.9. The van der Waals surface area contributed by atoms with Crippen LogP contribution in [-0.2, 0) is 0 Å². The zero-order valence-electron chi connectivity index (χ0n) is 17.3. The number of rotatable bonds is 6. The minimum absolute atomic E-state index is 0.0272. The topological polar surface area (TPSA) is 98.2 Å². The summed E-state index contributed by atoms with van der Waals surface area (Å²) in [5.41, 5.74) is 3.38. The Balaban J connectivity index is 1.32. The van der Waals surface area contributed by atoms with Gasteiger partial charge in [0.15, 0.2) is 11.5 Å². The van der Waals surface area contributed by atoms with Crippen LogP contribution in [0.5, 0.6) is 0 Å². The van der Waals surface area contributed by atoms with Crippen LogP contribution in [0.4, 0.5) is 6.01 Å². The molecule has 33 heavy (non-hydrogen) atoms. The molecule has 160 valence electrons. The molecule has 5 aromatic rings. The molecule has 0 atom stereocenters. The Kier molecular flexibility index (Phi) is 5.35. The van der Waals surface area contributed by atoms with Crippen molar-refractivity contribution in [2.45, 2.75) is 0 Å². The van der Waals surface area contributed by atoms with Crippen LogP contribution in [0.15, 0.2) is 106 Å². The second-order valence-corrected chi connectivity index (χ2v) is 7.20. The average Bonchev–Trinajstić information content (AvgIpc) is 3.57. The number of amides is 1. The van der Waals surface area contributed by atoms with E-state index >= 15 is 0 Å². The molecule has 0 aliphatic heterocycles. The van der Waals surface area contributed by atoms with Crippen LogP contribution < -0.4 is 5.32 Å². The van der Waals surface area contributed by atoms with Crippen LogP contribution in [0.25, 0.3) is 22.8 Å². The lowest BCUT2D eigenvalue weighted by atomic mass is 9.98. The molecule has 0 aliphatic rings. The van der Waals surface area contributed by atoms with Gasteiger partial charge in [-0.25, -0.2) is 0 Å². The van der Waals surface area contributed by atoms with Gasteiger partial charge in [-0.1, -0.05) is 71.8 Å². The number of hydrogen-bond donors (Lipinski definition) is 1. The van der Waals surface area contributed by atoms with E-state index < -0.39 is 0 Å². The Morgan fingerprint density at radius 3 is 2.21 bits per heavy atom. The van der Waals surface area contributed by atoms with Crippen LogP contribution in [-0.4, -0.2) is 21.9 Å². The summed E-state index contributed by atoms with van der Waals surface area (Å²) in [4.78, 5) is 25.3. The maximum atomic E-state index is 12.7. The summed E-state index contributed by atoms with van der Waals surface area (Å²) in [6.07, 6.45) is 1.49. The van der Waals surface area contributed by atoms with Crippen molar-refractivity contribution in [2.24, 2.45) is 0 Å². The van der Waals surface area contributed by atoms with Gasteiger partial charge in [0, 0.05) is 16.7 Å². The summed E-state index contributed by atoms with van der Waals surface area (Å²) in [7, 11) is 0. The fourth-order valence-electron chi connectivity index (χ4n) is 3.35. The number of benzene rings is 3. The number of furan rings is 1. The summed E-state index contributed by atoms with van der Waals surface area (Å²) in [6.45, 7) is 0. The highest BCUT2D eigenvalue weighted by molar-refractivity contribution is 6.09. The number of aromatic nitrogens is 2. The zero-order valence-corrected chi connectivity index (χ0v) is 17.3. The van der Waals surface area contributed by atoms with Gasteiger partial charge in [-0.15, -0.1) is 5.10 Å². The molecule has 1 amide bonds. The first-order chi connectivity index (χ1) is 16.2. The van der Waals surface area contributed by atoms with Crippen molar-refractivity contribution >= 4 is 17.7 Å². The fourth-order valence-corrected chi connectivity index (χ4v) is 3.35. The average molecular weight is 435 g/mol. The lowest BCUT2D eigenvalue weighted by Gasteiger charge is -2.07. The molecule has 3 aromatic carbocycles. The Morgan fingerprint density at radius 2 is 1.45 bits per heavy atom. The standard InChI is InChI=1S/C26H17N3O4/c30-23(18-6-2-1-3-7-18)19-13-11-17(12-14-19)20-8-4-9-21(16-20)24(31)27-26-29-28-25(33-26)22-10-5-15-32-22/h1-16H,(H,27,29,31). The van der Waals surface area contributed by atoms with E-state index in [-0.39, 0.29) is 23.6 Å². The maximum Gasteiger partial charge on any atom is 0.322 e. The van der Waals surface area contributed by atoms with E-state index in [4.69, 9.17) is 8.83 Å². The van der Waals surface area contributed by atoms with Gasteiger partial charge >= 0.3 is 6.01 Å². The third-order valence-electron chi connectivity index (χ3n) is 5.02. The summed E-state index contributed by atoms with van der Waals surface area (Å²) >= 11 is 0. The Hall–Kier alpha value is -4.78. The molecule has 1 N–H and O–H groups in total. The molecule has 0 spiro atoms. The van der Waals surface area contributed by atoms with E-state index in [1.54, 1.807) is 54.6 Å². The minimum atomic E-state index is -0.387. The molecule has 0 aliphatic carbocycles. The number of carbonyl (C=O) groups excluding carboxylic acids is 2. The first-order valence-corrected chi connectivity index (χ1v) is 10.2. The van der Waals surface area contributed by atoms with Crippen LogP contribution in [0.2, 0.25) is 0 Å². The van der Waals surface area contributed by atoms with Crippen molar-refractivity contribution < 1.29 is 18.4 Å². The monoisotopic (exact) mass is 435 g/mol. The third kappa shape index (κ3) is 4.33. The highest BCUT2D eigenvalue weighted by Crippen LogP contribution is 2.24. The number of hydrogen-bond acceptors (Lipinski definition) is 6. The number of anilines is 1. The Labute approximate surface area is 188 Å². The largest absolute Gasteiger partial charge is 0.459 e. The molecule has 7 heteroatoms. The number of nitrogens with zero attached hydrogens (tertiary/aromatic N) is 2. The molecular formula is C26H17N3O4. The smallest absolute Gasteiger partial charge is 0.322 e. The molecule has 0 saturated heterocycles. The molecule has 0 unspecified atom stereocenters. The van der Waals surface area contributed by atoms with Crippen molar-refractivity contribution in [2.75, 3.05) is 5.32 Å². The van der Waals surface area contributed by atoms with E-state index in [0.717, 1.165) is 11.1 Å². The molecule has 0 bridgehead atoms. The summed E-state index contributed by atoms with van der Waals surface area (Å²) in [5.74, 6) is 0.166. The van der Waals surface area contributed by atoms with Gasteiger partial charge in [0.1, 0.15) is 0 Å². The van der Waals surface area contributed by atoms with Gasteiger partial charge in [-0.05, 0) is 35.4 Å². The van der Waals surface area contributed by atoms with Gasteiger partial charge in [0.25, 0.3) is 11.8 Å². The zero-order chi connectivity index (χ0) is 22.6.